The number of carbonyl (C=O) groups excluding carboxylic acids is 1. The summed E-state index contributed by atoms with van der Waals surface area (Å²) >= 11 is 13.1. The van der Waals surface area contributed by atoms with Gasteiger partial charge < -0.3 is 14.7 Å². The molecule has 2 aromatic carbocycles. The zero-order chi connectivity index (χ0) is 21.1. The van der Waals surface area contributed by atoms with Crippen molar-refractivity contribution in [2.45, 2.75) is 57.3 Å². The molecular weight excluding hydrogens is 421 g/mol. The van der Waals surface area contributed by atoms with Gasteiger partial charge in [-0.25, -0.2) is 0 Å². The number of rotatable bonds is 6. The first-order valence-corrected chi connectivity index (χ1v) is 11.4. The maximum atomic E-state index is 12.1. The molecule has 1 aliphatic heterocycles. The summed E-state index contributed by atoms with van der Waals surface area (Å²) < 4.78 is 5.85. The van der Waals surface area contributed by atoms with Crippen LogP contribution in [-0.4, -0.2) is 34.6 Å². The van der Waals surface area contributed by atoms with Crippen LogP contribution in [0, 0.1) is 5.92 Å². The molecule has 3 unspecified atom stereocenters. The highest BCUT2D eigenvalue weighted by molar-refractivity contribution is 6.36. The average Bonchev–Trinajstić information content (AvgIpc) is 3.17. The lowest BCUT2D eigenvalue weighted by Gasteiger charge is -2.38. The summed E-state index contributed by atoms with van der Waals surface area (Å²) in [6.07, 6.45) is 4.11. The smallest absolute Gasteiger partial charge is 0.222 e. The van der Waals surface area contributed by atoms with Crippen LogP contribution in [0.1, 0.15) is 43.2 Å². The molecule has 0 aromatic heterocycles. The van der Waals surface area contributed by atoms with Crippen LogP contribution in [0.5, 0.6) is 5.75 Å². The predicted octanol–water partition coefficient (Wildman–Crippen LogP) is 5.27. The molecule has 0 spiro atoms. The number of amides is 1. The second-order valence-electron chi connectivity index (χ2n) is 8.33. The Labute approximate surface area is 187 Å². The Hall–Kier alpha value is -1.75. The van der Waals surface area contributed by atoms with E-state index in [-0.39, 0.29) is 17.9 Å². The van der Waals surface area contributed by atoms with Gasteiger partial charge in [0.25, 0.3) is 0 Å². The molecule has 1 aliphatic carbocycles. The van der Waals surface area contributed by atoms with Crippen molar-refractivity contribution in [3.05, 3.63) is 63.6 Å². The molecule has 0 bridgehead atoms. The van der Waals surface area contributed by atoms with Crippen LogP contribution in [0.3, 0.4) is 0 Å². The van der Waals surface area contributed by atoms with Crippen molar-refractivity contribution in [2.75, 3.05) is 6.54 Å². The third-order valence-electron chi connectivity index (χ3n) is 6.29. The Morgan fingerprint density at radius 2 is 1.83 bits per heavy atom. The first kappa shape index (κ1) is 21.5. The molecule has 160 valence electrons. The SMILES string of the molecule is O=C1CCCN1C1CCC(O)C(Cc2c(Cl)cc(OCc3ccccc3)cc2Cl)C1. The number of benzene rings is 2. The number of aliphatic hydroxyl groups is 1. The largest absolute Gasteiger partial charge is 0.489 e. The fourth-order valence-corrected chi connectivity index (χ4v) is 5.26. The highest BCUT2D eigenvalue weighted by Gasteiger charge is 2.36. The Kier molecular flexibility index (Phi) is 6.87. The lowest BCUT2D eigenvalue weighted by Crippen LogP contribution is -2.43. The van der Waals surface area contributed by atoms with Crippen molar-refractivity contribution in [3.8, 4) is 5.75 Å². The van der Waals surface area contributed by atoms with E-state index >= 15 is 0 Å². The van der Waals surface area contributed by atoms with Crippen molar-refractivity contribution in [1.29, 1.82) is 0 Å². The van der Waals surface area contributed by atoms with E-state index in [2.05, 4.69) is 0 Å². The van der Waals surface area contributed by atoms with E-state index in [0.717, 1.165) is 36.9 Å². The fraction of sp³-hybridized carbons (Fsp3) is 0.458. The van der Waals surface area contributed by atoms with Gasteiger partial charge in [0.2, 0.25) is 5.91 Å². The molecule has 1 N–H and O–H groups in total. The first-order chi connectivity index (χ1) is 14.5. The maximum absolute atomic E-state index is 12.1. The molecule has 2 aliphatic rings. The topological polar surface area (TPSA) is 49.8 Å². The van der Waals surface area contributed by atoms with Crippen LogP contribution < -0.4 is 4.74 Å². The fourth-order valence-electron chi connectivity index (χ4n) is 4.64. The van der Waals surface area contributed by atoms with Gasteiger partial charge in [-0.2, -0.15) is 0 Å². The summed E-state index contributed by atoms with van der Waals surface area (Å²) in [6, 6.07) is 13.7. The lowest BCUT2D eigenvalue weighted by molar-refractivity contribution is -0.131. The Morgan fingerprint density at radius 3 is 2.50 bits per heavy atom. The van der Waals surface area contributed by atoms with E-state index in [0.29, 0.717) is 41.7 Å². The van der Waals surface area contributed by atoms with E-state index in [1.807, 2.05) is 35.2 Å². The van der Waals surface area contributed by atoms with Gasteiger partial charge in [-0.05, 0) is 61.3 Å². The molecule has 1 saturated carbocycles. The summed E-state index contributed by atoms with van der Waals surface area (Å²) in [5.74, 6) is 0.900. The van der Waals surface area contributed by atoms with E-state index in [1.54, 1.807) is 12.1 Å². The number of carbonyl (C=O) groups is 1. The summed E-state index contributed by atoms with van der Waals surface area (Å²) in [5, 5.41) is 11.7. The standard InChI is InChI=1S/C24H27Cl2NO3/c25-21-13-19(30-15-16-5-2-1-3-6-16)14-22(26)20(21)12-17-11-18(8-9-23(17)28)27-10-4-7-24(27)29/h1-3,5-6,13-14,17-18,23,28H,4,7-12,15H2. The molecule has 3 atom stereocenters. The van der Waals surface area contributed by atoms with Gasteiger partial charge in [-0.15, -0.1) is 0 Å². The number of halogens is 2. The van der Waals surface area contributed by atoms with Gasteiger partial charge in [0.05, 0.1) is 6.10 Å². The van der Waals surface area contributed by atoms with Crippen molar-refractivity contribution in [1.82, 2.24) is 4.90 Å². The van der Waals surface area contributed by atoms with Crippen molar-refractivity contribution < 1.29 is 14.6 Å². The van der Waals surface area contributed by atoms with Gasteiger partial charge >= 0.3 is 0 Å². The molecule has 6 heteroatoms. The Morgan fingerprint density at radius 1 is 1.10 bits per heavy atom. The molecule has 30 heavy (non-hydrogen) atoms. The van der Waals surface area contributed by atoms with Crippen molar-refractivity contribution in [2.24, 2.45) is 5.92 Å². The summed E-state index contributed by atoms with van der Waals surface area (Å²) in [4.78, 5) is 14.1. The van der Waals surface area contributed by atoms with Crippen molar-refractivity contribution in [3.63, 3.8) is 0 Å². The van der Waals surface area contributed by atoms with Crippen molar-refractivity contribution >= 4 is 29.1 Å². The lowest BCUT2D eigenvalue weighted by atomic mass is 9.79. The van der Waals surface area contributed by atoms with E-state index in [4.69, 9.17) is 27.9 Å². The normalized spacial score (nSPS) is 24.3. The Bertz CT molecular complexity index is 866. The highest BCUT2D eigenvalue weighted by atomic mass is 35.5. The summed E-state index contributed by atoms with van der Waals surface area (Å²) in [6.45, 7) is 1.28. The van der Waals surface area contributed by atoms with Crippen LogP contribution in [0.25, 0.3) is 0 Å². The van der Waals surface area contributed by atoms with Gasteiger partial charge in [0, 0.05) is 29.1 Å². The first-order valence-electron chi connectivity index (χ1n) is 10.6. The second kappa shape index (κ2) is 9.59. The molecule has 4 nitrogen and oxygen atoms in total. The molecule has 1 amide bonds. The number of ether oxygens (including phenoxy) is 1. The zero-order valence-corrected chi connectivity index (χ0v) is 18.4. The molecule has 1 heterocycles. The number of hydrogen-bond donors (Lipinski definition) is 1. The highest BCUT2D eigenvalue weighted by Crippen LogP contribution is 2.37. The minimum absolute atomic E-state index is 0.0308. The quantitative estimate of drug-likeness (QED) is 0.656. The third-order valence-corrected chi connectivity index (χ3v) is 6.97. The van der Waals surface area contributed by atoms with Gasteiger partial charge in [-0.1, -0.05) is 53.5 Å². The maximum Gasteiger partial charge on any atom is 0.222 e. The minimum atomic E-state index is -0.403. The summed E-state index contributed by atoms with van der Waals surface area (Å²) in [7, 11) is 0. The molecule has 4 rings (SSSR count). The number of aliphatic hydroxyl groups excluding tert-OH is 1. The number of likely N-dealkylation sites (tertiary alicyclic amines) is 1. The molecule has 0 radical (unpaired) electrons. The van der Waals surface area contributed by atoms with E-state index in [9.17, 15) is 9.90 Å². The average molecular weight is 448 g/mol. The molecular formula is C24H27Cl2NO3. The van der Waals surface area contributed by atoms with Gasteiger partial charge in [-0.3, -0.25) is 4.79 Å². The molecule has 2 fully saturated rings. The molecule has 2 aromatic rings. The zero-order valence-electron chi connectivity index (χ0n) is 16.9. The van der Waals surface area contributed by atoms with Crippen LogP contribution in [0.2, 0.25) is 10.0 Å². The van der Waals surface area contributed by atoms with Crippen LogP contribution in [0.4, 0.5) is 0 Å². The Balaban J connectivity index is 1.43. The van der Waals surface area contributed by atoms with Crippen LogP contribution >= 0.6 is 23.2 Å². The van der Waals surface area contributed by atoms with Crippen LogP contribution in [0.15, 0.2) is 42.5 Å². The monoisotopic (exact) mass is 447 g/mol. The van der Waals surface area contributed by atoms with Gasteiger partial charge in [0.1, 0.15) is 12.4 Å². The number of nitrogens with zero attached hydrogens (tertiary/aromatic N) is 1. The number of hydrogen-bond acceptors (Lipinski definition) is 3. The van der Waals surface area contributed by atoms with Crippen LogP contribution in [-0.2, 0) is 17.8 Å². The van der Waals surface area contributed by atoms with E-state index < -0.39 is 6.10 Å². The van der Waals surface area contributed by atoms with E-state index in [1.165, 1.54) is 0 Å². The second-order valence-corrected chi connectivity index (χ2v) is 9.14. The summed E-state index contributed by atoms with van der Waals surface area (Å²) in [5.41, 5.74) is 1.91. The van der Waals surface area contributed by atoms with Gasteiger partial charge in [0.15, 0.2) is 0 Å². The molecule has 1 saturated heterocycles. The predicted molar refractivity (Wildman–Crippen MR) is 119 cm³/mol. The third kappa shape index (κ3) is 4.93. The minimum Gasteiger partial charge on any atom is -0.489 e.